The van der Waals surface area contributed by atoms with Crippen LogP contribution in [-0.2, 0) is 16.6 Å². The monoisotopic (exact) mass is 423 g/mol. The summed E-state index contributed by atoms with van der Waals surface area (Å²) >= 11 is 0. The van der Waals surface area contributed by atoms with E-state index in [1.807, 2.05) is 55.4 Å². The molecule has 5 nitrogen and oxygen atoms in total. The van der Waals surface area contributed by atoms with Crippen molar-refractivity contribution in [2.45, 2.75) is 30.3 Å². The maximum absolute atomic E-state index is 13.2. The zero-order valence-electron chi connectivity index (χ0n) is 17.6. The van der Waals surface area contributed by atoms with Gasteiger partial charge in [-0.2, -0.15) is 0 Å². The molecule has 0 aliphatic carbocycles. The SMILES string of the molecule is CN(C)c1cccc2c(S(=O)(=O)NC3CCN(Cc4ccccc4)CC3)cccc12. The van der Waals surface area contributed by atoms with E-state index in [1.54, 1.807) is 6.07 Å². The van der Waals surface area contributed by atoms with Crippen LogP contribution < -0.4 is 9.62 Å². The molecule has 1 fully saturated rings. The Labute approximate surface area is 179 Å². The lowest BCUT2D eigenvalue weighted by molar-refractivity contribution is 0.200. The fraction of sp³-hybridized carbons (Fsp3) is 0.333. The predicted octanol–water partition coefficient (Wildman–Crippen LogP) is 3.85. The van der Waals surface area contributed by atoms with Crippen molar-refractivity contribution in [3.8, 4) is 0 Å². The summed E-state index contributed by atoms with van der Waals surface area (Å²) in [7, 11) is 0.347. The van der Waals surface area contributed by atoms with E-state index in [0.717, 1.165) is 48.9 Å². The van der Waals surface area contributed by atoms with Gasteiger partial charge in [0.15, 0.2) is 0 Å². The van der Waals surface area contributed by atoms with E-state index in [1.165, 1.54) is 5.56 Å². The molecule has 4 rings (SSSR count). The highest BCUT2D eigenvalue weighted by Gasteiger charge is 2.26. The quantitative estimate of drug-likeness (QED) is 0.654. The van der Waals surface area contributed by atoms with E-state index in [-0.39, 0.29) is 6.04 Å². The molecule has 0 atom stereocenters. The number of likely N-dealkylation sites (tertiary alicyclic amines) is 1. The first-order chi connectivity index (χ1) is 14.4. The standard InChI is InChI=1S/C24H29N3O2S/c1-26(2)23-12-6-11-22-21(23)10-7-13-24(22)30(28,29)25-20-14-16-27(17-15-20)18-19-8-4-3-5-9-19/h3-13,20,25H,14-18H2,1-2H3. The lowest BCUT2D eigenvalue weighted by Crippen LogP contribution is -2.44. The van der Waals surface area contributed by atoms with Crippen molar-refractivity contribution in [2.75, 3.05) is 32.1 Å². The fourth-order valence-corrected chi connectivity index (χ4v) is 5.75. The zero-order valence-corrected chi connectivity index (χ0v) is 18.4. The minimum atomic E-state index is -3.59. The van der Waals surface area contributed by atoms with Gasteiger partial charge in [0.25, 0.3) is 0 Å². The van der Waals surface area contributed by atoms with Crippen molar-refractivity contribution in [2.24, 2.45) is 0 Å². The van der Waals surface area contributed by atoms with E-state index in [0.29, 0.717) is 4.90 Å². The summed E-state index contributed by atoms with van der Waals surface area (Å²) in [5.74, 6) is 0. The second-order valence-electron chi connectivity index (χ2n) is 8.18. The Morgan fingerprint density at radius 2 is 1.57 bits per heavy atom. The fourth-order valence-electron chi connectivity index (χ4n) is 4.22. The number of benzene rings is 3. The predicted molar refractivity (Wildman–Crippen MR) is 123 cm³/mol. The largest absolute Gasteiger partial charge is 0.377 e. The molecule has 1 aliphatic rings. The molecule has 1 heterocycles. The number of anilines is 1. The first-order valence-electron chi connectivity index (χ1n) is 10.4. The van der Waals surface area contributed by atoms with Gasteiger partial charge in [-0.05, 0) is 30.5 Å². The summed E-state index contributed by atoms with van der Waals surface area (Å²) in [6.07, 6.45) is 1.64. The number of nitrogens with one attached hydrogen (secondary N) is 1. The zero-order chi connectivity index (χ0) is 21.1. The van der Waals surface area contributed by atoms with Gasteiger partial charge in [0.1, 0.15) is 0 Å². The van der Waals surface area contributed by atoms with E-state index >= 15 is 0 Å². The van der Waals surface area contributed by atoms with Crippen LogP contribution >= 0.6 is 0 Å². The topological polar surface area (TPSA) is 52.7 Å². The average molecular weight is 424 g/mol. The number of hydrogen-bond donors (Lipinski definition) is 1. The van der Waals surface area contributed by atoms with Crippen LogP contribution in [0.4, 0.5) is 5.69 Å². The molecule has 158 valence electrons. The maximum atomic E-state index is 13.2. The van der Waals surface area contributed by atoms with Crippen molar-refractivity contribution in [1.82, 2.24) is 9.62 Å². The first-order valence-corrected chi connectivity index (χ1v) is 11.9. The minimum Gasteiger partial charge on any atom is -0.377 e. The highest BCUT2D eigenvalue weighted by molar-refractivity contribution is 7.89. The Balaban J connectivity index is 1.47. The molecular formula is C24H29N3O2S. The van der Waals surface area contributed by atoms with E-state index in [9.17, 15) is 8.42 Å². The van der Waals surface area contributed by atoms with Crippen molar-refractivity contribution in [1.29, 1.82) is 0 Å². The molecule has 1 N–H and O–H groups in total. The highest BCUT2D eigenvalue weighted by atomic mass is 32.2. The van der Waals surface area contributed by atoms with Crippen LogP contribution in [0.1, 0.15) is 18.4 Å². The molecule has 3 aromatic rings. The lowest BCUT2D eigenvalue weighted by atomic mass is 10.1. The van der Waals surface area contributed by atoms with Crippen LogP contribution in [0.25, 0.3) is 10.8 Å². The number of hydrogen-bond acceptors (Lipinski definition) is 4. The molecule has 3 aromatic carbocycles. The smallest absolute Gasteiger partial charge is 0.241 e. The van der Waals surface area contributed by atoms with E-state index < -0.39 is 10.0 Å². The van der Waals surface area contributed by atoms with Gasteiger partial charge in [-0.15, -0.1) is 0 Å². The first kappa shape index (κ1) is 20.8. The van der Waals surface area contributed by atoms with Crippen LogP contribution in [0.2, 0.25) is 0 Å². The van der Waals surface area contributed by atoms with Crippen molar-refractivity contribution in [3.05, 3.63) is 72.3 Å². The van der Waals surface area contributed by atoms with E-state index in [4.69, 9.17) is 0 Å². The Kier molecular flexibility index (Phi) is 6.09. The Morgan fingerprint density at radius 1 is 0.900 bits per heavy atom. The molecular weight excluding hydrogens is 394 g/mol. The molecule has 0 spiro atoms. The number of sulfonamides is 1. The molecule has 6 heteroatoms. The molecule has 30 heavy (non-hydrogen) atoms. The second-order valence-corrected chi connectivity index (χ2v) is 9.86. The second kappa shape index (κ2) is 8.76. The van der Waals surface area contributed by atoms with Crippen LogP contribution in [0, 0.1) is 0 Å². The lowest BCUT2D eigenvalue weighted by Gasteiger charge is -2.32. The van der Waals surface area contributed by atoms with Gasteiger partial charge in [0.05, 0.1) is 4.90 Å². The molecule has 0 bridgehead atoms. The minimum absolute atomic E-state index is 0.0330. The third-order valence-corrected chi connectivity index (χ3v) is 7.37. The van der Waals surface area contributed by atoms with Gasteiger partial charge in [-0.1, -0.05) is 54.6 Å². The normalized spacial score (nSPS) is 16.1. The van der Waals surface area contributed by atoms with Crippen LogP contribution in [0.15, 0.2) is 71.6 Å². The van der Waals surface area contributed by atoms with E-state index in [2.05, 4.69) is 33.9 Å². The third-order valence-electron chi connectivity index (χ3n) is 5.79. The third kappa shape index (κ3) is 4.51. The van der Waals surface area contributed by atoms with Crippen molar-refractivity contribution >= 4 is 26.5 Å². The molecule has 0 radical (unpaired) electrons. The molecule has 0 aromatic heterocycles. The van der Waals surface area contributed by atoms with Crippen molar-refractivity contribution in [3.63, 3.8) is 0 Å². The summed E-state index contributed by atoms with van der Waals surface area (Å²) in [5.41, 5.74) is 2.31. The molecule has 1 aliphatic heterocycles. The molecule has 0 amide bonds. The van der Waals surface area contributed by atoms with Crippen molar-refractivity contribution < 1.29 is 8.42 Å². The summed E-state index contributed by atoms with van der Waals surface area (Å²) in [6.45, 7) is 2.70. The van der Waals surface area contributed by atoms with Gasteiger partial charge in [0, 0.05) is 56.2 Å². The summed E-state index contributed by atoms with van der Waals surface area (Å²) in [4.78, 5) is 4.76. The van der Waals surface area contributed by atoms with Gasteiger partial charge < -0.3 is 4.90 Å². The summed E-state index contributed by atoms with van der Waals surface area (Å²) in [6, 6.07) is 21.7. The Bertz CT molecular complexity index is 1110. The van der Waals surface area contributed by atoms with Crippen LogP contribution in [-0.4, -0.2) is 46.5 Å². The van der Waals surface area contributed by atoms with Gasteiger partial charge in [0.2, 0.25) is 10.0 Å². The maximum Gasteiger partial charge on any atom is 0.241 e. The number of nitrogens with zero attached hydrogens (tertiary/aromatic N) is 2. The number of fused-ring (bicyclic) bond motifs is 1. The Hall–Kier alpha value is -2.41. The van der Waals surface area contributed by atoms with Crippen LogP contribution in [0.3, 0.4) is 0 Å². The number of rotatable bonds is 6. The number of piperidine rings is 1. The Morgan fingerprint density at radius 3 is 2.27 bits per heavy atom. The van der Waals surface area contributed by atoms with Gasteiger partial charge >= 0.3 is 0 Å². The molecule has 0 unspecified atom stereocenters. The van der Waals surface area contributed by atoms with Gasteiger partial charge in [-0.25, -0.2) is 13.1 Å². The highest BCUT2D eigenvalue weighted by Crippen LogP contribution is 2.30. The molecule has 1 saturated heterocycles. The van der Waals surface area contributed by atoms with Gasteiger partial charge in [-0.3, -0.25) is 4.90 Å². The molecule has 0 saturated carbocycles. The van der Waals surface area contributed by atoms with Crippen LogP contribution in [0.5, 0.6) is 0 Å². The summed E-state index contributed by atoms with van der Waals surface area (Å²) in [5, 5.41) is 1.71. The average Bonchev–Trinajstić information content (AvgIpc) is 2.74. The summed E-state index contributed by atoms with van der Waals surface area (Å²) < 4.78 is 29.4.